The summed E-state index contributed by atoms with van der Waals surface area (Å²) in [7, 11) is 0. The van der Waals surface area contributed by atoms with Gasteiger partial charge in [0.05, 0.1) is 21.5 Å². The molecule has 5 aromatic rings. The normalized spacial score (nSPS) is 11.2. The maximum atomic E-state index is 6.15. The molecule has 2 heterocycles. The molecule has 5 rings (SSSR count). The summed E-state index contributed by atoms with van der Waals surface area (Å²) in [4.78, 5) is 4.84. The van der Waals surface area contributed by atoms with Crippen molar-refractivity contribution in [3.63, 3.8) is 0 Å². The van der Waals surface area contributed by atoms with E-state index in [2.05, 4.69) is 37.4 Å². The lowest BCUT2D eigenvalue weighted by molar-refractivity contribution is 0.884. The second kappa shape index (κ2) is 6.89. The van der Waals surface area contributed by atoms with Crippen LogP contribution in [0, 0.1) is 6.92 Å². The van der Waals surface area contributed by atoms with Gasteiger partial charge in [0.15, 0.2) is 0 Å². The van der Waals surface area contributed by atoms with Crippen molar-refractivity contribution in [1.82, 2.24) is 14.8 Å². The van der Waals surface area contributed by atoms with Gasteiger partial charge >= 0.3 is 0 Å². The maximum absolute atomic E-state index is 6.15. The van der Waals surface area contributed by atoms with Gasteiger partial charge < -0.3 is 0 Å². The number of hydrogen-bond acceptors (Lipinski definition) is 3. The topological polar surface area (TPSA) is 30.7 Å². The van der Waals surface area contributed by atoms with E-state index in [1.807, 2.05) is 53.2 Å². The molecule has 3 nitrogen and oxygen atoms in total. The number of para-hydroxylation sites is 1. The van der Waals surface area contributed by atoms with Gasteiger partial charge in [0.1, 0.15) is 10.7 Å². The summed E-state index contributed by atoms with van der Waals surface area (Å²) in [5, 5.41) is 6.54. The van der Waals surface area contributed by atoms with E-state index in [0.717, 1.165) is 37.7 Å². The third-order valence-corrected chi connectivity index (χ3v) is 5.94. The van der Waals surface area contributed by atoms with Crippen LogP contribution in [0.15, 0.2) is 79.0 Å². The van der Waals surface area contributed by atoms with Gasteiger partial charge in [0.2, 0.25) is 0 Å². The third kappa shape index (κ3) is 3.11. The Bertz CT molecular complexity index is 1270. The van der Waals surface area contributed by atoms with E-state index in [0.29, 0.717) is 5.02 Å². The molecule has 0 atom stereocenters. The van der Waals surface area contributed by atoms with Crippen LogP contribution in [-0.2, 0) is 0 Å². The smallest absolute Gasteiger partial charge is 0.128 e. The van der Waals surface area contributed by atoms with E-state index in [1.54, 1.807) is 11.3 Å². The second-order valence-corrected chi connectivity index (χ2v) is 8.14. The van der Waals surface area contributed by atoms with Crippen LogP contribution in [0.2, 0.25) is 5.02 Å². The molecule has 0 aliphatic heterocycles. The SMILES string of the molecule is Cc1ccc(-c2nn(-c3ccccc3)cc2-c2nc3cc(Cl)ccc3s2)cc1. The predicted octanol–water partition coefficient (Wildman–Crippen LogP) is 6.78. The average molecular weight is 402 g/mol. The maximum Gasteiger partial charge on any atom is 0.128 e. The first-order valence-electron chi connectivity index (χ1n) is 8.96. The Hall–Kier alpha value is -2.95. The zero-order valence-electron chi connectivity index (χ0n) is 15.1. The molecule has 5 heteroatoms. The molecule has 0 amide bonds. The van der Waals surface area contributed by atoms with Gasteiger partial charge in [-0.25, -0.2) is 9.67 Å². The zero-order chi connectivity index (χ0) is 19.1. The summed E-state index contributed by atoms with van der Waals surface area (Å²) in [5.74, 6) is 0. The summed E-state index contributed by atoms with van der Waals surface area (Å²) in [6.45, 7) is 2.09. The molecule has 0 aliphatic carbocycles. The van der Waals surface area contributed by atoms with Crippen LogP contribution in [0.5, 0.6) is 0 Å². The molecule has 0 unspecified atom stereocenters. The Morgan fingerprint density at radius 2 is 1.71 bits per heavy atom. The Labute approximate surface area is 171 Å². The molecule has 136 valence electrons. The number of benzene rings is 3. The standard InChI is InChI=1S/C23H16ClN3S/c1-15-7-9-16(10-8-15)22-19(14-27(26-22)18-5-3-2-4-6-18)23-25-20-13-17(24)11-12-21(20)28-23/h2-14H,1H3. The highest BCUT2D eigenvalue weighted by atomic mass is 35.5. The summed E-state index contributed by atoms with van der Waals surface area (Å²) >= 11 is 7.80. The van der Waals surface area contributed by atoms with Gasteiger partial charge in [-0.1, -0.05) is 59.6 Å². The van der Waals surface area contributed by atoms with E-state index in [-0.39, 0.29) is 0 Å². The van der Waals surface area contributed by atoms with Crippen molar-refractivity contribution < 1.29 is 0 Å². The molecular formula is C23H16ClN3S. The van der Waals surface area contributed by atoms with Crippen molar-refractivity contribution in [1.29, 1.82) is 0 Å². The van der Waals surface area contributed by atoms with Crippen LogP contribution >= 0.6 is 22.9 Å². The highest BCUT2D eigenvalue weighted by molar-refractivity contribution is 7.21. The van der Waals surface area contributed by atoms with Gasteiger partial charge in [0, 0.05) is 16.8 Å². The van der Waals surface area contributed by atoms with E-state index in [4.69, 9.17) is 21.7 Å². The Morgan fingerprint density at radius 1 is 0.929 bits per heavy atom. The minimum absolute atomic E-state index is 0.697. The molecule has 3 aromatic carbocycles. The minimum atomic E-state index is 0.697. The van der Waals surface area contributed by atoms with Gasteiger partial charge in [-0.15, -0.1) is 11.3 Å². The minimum Gasteiger partial charge on any atom is -0.240 e. The number of aryl methyl sites for hydroxylation is 1. The largest absolute Gasteiger partial charge is 0.240 e. The van der Waals surface area contributed by atoms with Gasteiger partial charge in [-0.2, -0.15) is 5.10 Å². The van der Waals surface area contributed by atoms with Gasteiger partial charge in [-0.05, 0) is 37.3 Å². The number of halogens is 1. The molecular weight excluding hydrogens is 386 g/mol. The third-order valence-electron chi connectivity index (χ3n) is 4.64. The van der Waals surface area contributed by atoms with Crippen molar-refractivity contribution in [2.24, 2.45) is 0 Å². The molecule has 0 fully saturated rings. The molecule has 2 aromatic heterocycles. The first-order chi connectivity index (χ1) is 13.7. The highest BCUT2D eigenvalue weighted by Gasteiger charge is 2.17. The van der Waals surface area contributed by atoms with Crippen molar-refractivity contribution in [3.05, 3.63) is 89.6 Å². The Kier molecular flexibility index (Phi) is 4.23. The molecule has 0 aliphatic rings. The molecule has 0 saturated heterocycles. The van der Waals surface area contributed by atoms with Gasteiger partial charge in [0.25, 0.3) is 0 Å². The van der Waals surface area contributed by atoms with Crippen LogP contribution in [0.1, 0.15) is 5.56 Å². The van der Waals surface area contributed by atoms with Gasteiger partial charge in [-0.3, -0.25) is 0 Å². The van der Waals surface area contributed by atoms with Crippen molar-refractivity contribution in [2.75, 3.05) is 0 Å². The monoisotopic (exact) mass is 401 g/mol. The fraction of sp³-hybridized carbons (Fsp3) is 0.0435. The molecule has 0 bridgehead atoms. The second-order valence-electron chi connectivity index (χ2n) is 6.67. The van der Waals surface area contributed by atoms with E-state index in [9.17, 15) is 0 Å². The fourth-order valence-electron chi connectivity index (χ4n) is 3.18. The van der Waals surface area contributed by atoms with Crippen molar-refractivity contribution in [2.45, 2.75) is 6.92 Å². The lowest BCUT2D eigenvalue weighted by Crippen LogP contribution is -1.93. The van der Waals surface area contributed by atoms with Crippen LogP contribution in [0.3, 0.4) is 0 Å². The van der Waals surface area contributed by atoms with Crippen LogP contribution < -0.4 is 0 Å². The van der Waals surface area contributed by atoms with E-state index < -0.39 is 0 Å². The number of rotatable bonds is 3. The van der Waals surface area contributed by atoms with Crippen LogP contribution in [-0.4, -0.2) is 14.8 Å². The summed E-state index contributed by atoms with van der Waals surface area (Å²) in [6.07, 6.45) is 2.06. The van der Waals surface area contributed by atoms with E-state index in [1.165, 1.54) is 5.56 Å². The highest BCUT2D eigenvalue weighted by Crippen LogP contribution is 2.37. The summed E-state index contributed by atoms with van der Waals surface area (Å²) < 4.78 is 3.03. The quantitative estimate of drug-likeness (QED) is 0.333. The predicted molar refractivity (Wildman–Crippen MR) is 117 cm³/mol. The fourth-order valence-corrected chi connectivity index (χ4v) is 4.31. The molecule has 0 radical (unpaired) electrons. The summed E-state index contributed by atoms with van der Waals surface area (Å²) in [6, 6.07) is 24.4. The first-order valence-corrected chi connectivity index (χ1v) is 10.2. The first kappa shape index (κ1) is 17.2. The van der Waals surface area contributed by atoms with E-state index >= 15 is 0 Å². The Balaban J connectivity index is 1.72. The zero-order valence-corrected chi connectivity index (χ0v) is 16.7. The number of fused-ring (bicyclic) bond motifs is 1. The molecule has 0 saturated carbocycles. The number of aromatic nitrogens is 3. The number of thiazole rings is 1. The molecule has 0 N–H and O–H groups in total. The average Bonchev–Trinajstić information content (AvgIpc) is 3.33. The lowest BCUT2D eigenvalue weighted by atomic mass is 10.1. The molecule has 28 heavy (non-hydrogen) atoms. The van der Waals surface area contributed by atoms with Crippen LogP contribution in [0.4, 0.5) is 0 Å². The summed E-state index contributed by atoms with van der Waals surface area (Å²) in [5.41, 5.74) is 6.18. The number of nitrogens with zero attached hydrogens (tertiary/aromatic N) is 3. The van der Waals surface area contributed by atoms with Crippen molar-refractivity contribution in [3.8, 4) is 27.5 Å². The lowest BCUT2D eigenvalue weighted by Gasteiger charge is -2.01. The number of hydrogen-bond donors (Lipinski definition) is 0. The van der Waals surface area contributed by atoms with Crippen molar-refractivity contribution >= 4 is 33.2 Å². The van der Waals surface area contributed by atoms with Crippen LogP contribution in [0.25, 0.3) is 37.7 Å². The Morgan fingerprint density at radius 3 is 2.50 bits per heavy atom. The molecule has 0 spiro atoms.